The Morgan fingerprint density at radius 2 is 1.71 bits per heavy atom. The van der Waals surface area contributed by atoms with Crippen molar-refractivity contribution in [3.05, 3.63) is 52.8 Å². The minimum Gasteiger partial charge on any atom is -0.268 e. The third kappa shape index (κ3) is 4.75. The Labute approximate surface area is 162 Å². The van der Waals surface area contributed by atoms with Gasteiger partial charge in [-0.1, -0.05) is 12.1 Å². The van der Waals surface area contributed by atoms with E-state index in [9.17, 15) is 21.6 Å². The molecule has 9 heteroatoms. The van der Waals surface area contributed by atoms with E-state index in [1.54, 1.807) is 0 Å². The summed E-state index contributed by atoms with van der Waals surface area (Å²) in [6.45, 7) is 0.652. The molecule has 2 fully saturated rings. The average molecular weight is 413 g/mol. The molecule has 28 heavy (non-hydrogen) atoms. The standard InChI is InChI=1S/C19H22F3N3O2S/c20-19(21,22)16-7-1-13(2-8-16)12-28(26,27)23-9-10-25-18(15-5-6-15)11-17(24-25)14-3-4-14/h1-2,7-8,11,14-15,23H,3-6,9-10,12H2. The maximum Gasteiger partial charge on any atom is 0.416 e. The number of halogens is 3. The molecule has 0 spiro atoms. The van der Waals surface area contributed by atoms with E-state index in [1.807, 2.05) is 4.68 Å². The summed E-state index contributed by atoms with van der Waals surface area (Å²) in [5, 5.41) is 4.65. The van der Waals surface area contributed by atoms with Gasteiger partial charge in [0.2, 0.25) is 10.0 Å². The summed E-state index contributed by atoms with van der Waals surface area (Å²) in [6, 6.07) is 6.35. The number of hydrogen-bond acceptors (Lipinski definition) is 3. The summed E-state index contributed by atoms with van der Waals surface area (Å²) < 4.78 is 66.8. The number of alkyl halides is 3. The largest absolute Gasteiger partial charge is 0.416 e. The smallest absolute Gasteiger partial charge is 0.268 e. The topological polar surface area (TPSA) is 64.0 Å². The predicted molar refractivity (Wildman–Crippen MR) is 98.2 cm³/mol. The maximum atomic E-state index is 12.6. The summed E-state index contributed by atoms with van der Waals surface area (Å²) in [5.41, 5.74) is 1.81. The molecule has 0 aliphatic heterocycles. The second-order valence-electron chi connectivity index (χ2n) is 7.61. The Bertz CT molecular complexity index is 944. The van der Waals surface area contributed by atoms with Crippen LogP contribution in [0.1, 0.15) is 60.0 Å². The number of aromatic nitrogens is 2. The van der Waals surface area contributed by atoms with E-state index < -0.39 is 21.8 Å². The highest BCUT2D eigenvalue weighted by molar-refractivity contribution is 7.88. The third-order valence-corrected chi connectivity index (χ3v) is 6.46. The molecule has 0 amide bonds. The molecule has 152 valence electrons. The Balaban J connectivity index is 1.34. The van der Waals surface area contributed by atoms with Gasteiger partial charge in [0.15, 0.2) is 0 Å². The monoisotopic (exact) mass is 413 g/mol. The van der Waals surface area contributed by atoms with Crippen molar-refractivity contribution in [1.82, 2.24) is 14.5 Å². The molecule has 2 aliphatic rings. The van der Waals surface area contributed by atoms with Crippen LogP contribution in [0.15, 0.2) is 30.3 Å². The first-order chi connectivity index (χ1) is 13.2. The van der Waals surface area contributed by atoms with Gasteiger partial charge < -0.3 is 0 Å². The number of rotatable bonds is 8. The van der Waals surface area contributed by atoms with Crippen LogP contribution in [-0.4, -0.2) is 24.7 Å². The van der Waals surface area contributed by atoms with E-state index in [0.29, 0.717) is 23.9 Å². The fraction of sp³-hybridized carbons (Fsp3) is 0.526. The molecule has 0 unspecified atom stereocenters. The van der Waals surface area contributed by atoms with E-state index in [4.69, 9.17) is 0 Å². The van der Waals surface area contributed by atoms with Crippen molar-refractivity contribution in [2.24, 2.45) is 0 Å². The molecular weight excluding hydrogens is 391 g/mol. The van der Waals surface area contributed by atoms with Crippen LogP contribution in [0.25, 0.3) is 0 Å². The van der Waals surface area contributed by atoms with Crippen LogP contribution < -0.4 is 4.72 Å². The number of nitrogens with zero attached hydrogens (tertiary/aromatic N) is 2. The average Bonchev–Trinajstić information content (AvgIpc) is 3.53. The van der Waals surface area contributed by atoms with Gasteiger partial charge in [-0.2, -0.15) is 18.3 Å². The van der Waals surface area contributed by atoms with E-state index in [2.05, 4.69) is 15.9 Å². The van der Waals surface area contributed by atoms with Gasteiger partial charge in [-0.3, -0.25) is 4.68 Å². The fourth-order valence-corrected chi connectivity index (χ4v) is 4.42. The first kappa shape index (κ1) is 19.4. The molecular formula is C19H22F3N3O2S. The lowest BCUT2D eigenvalue weighted by Crippen LogP contribution is -2.29. The van der Waals surface area contributed by atoms with Crippen LogP contribution >= 0.6 is 0 Å². The molecule has 1 aromatic carbocycles. The van der Waals surface area contributed by atoms with Crippen molar-refractivity contribution >= 4 is 10.0 Å². The first-order valence-corrected chi connectivity index (χ1v) is 11.1. The second kappa shape index (κ2) is 7.18. The third-order valence-electron chi connectivity index (χ3n) is 5.10. The second-order valence-corrected chi connectivity index (χ2v) is 9.42. The van der Waals surface area contributed by atoms with Gasteiger partial charge in [-0.15, -0.1) is 0 Å². The van der Waals surface area contributed by atoms with Gasteiger partial charge in [-0.05, 0) is 49.4 Å². The SMILES string of the molecule is O=S(=O)(Cc1ccc(C(F)(F)F)cc1)NCCn1nc(C2CC2)cc1C1CC1. The van der Waals surface area contributed by atoms with Crippen LogP contribution in [-0.2, 0) is 28.5 Å². The van der Waals surface area contributed by atoms with Gasteiger partial charge in [0.25, 0.3) is 0 Å². The summed E-state index contributed by atoms with van der Waals surface area (Å²) in [6.07, 6.45) is 0.199. The van der Waals surface area contributed by atoms with Gasteiger partial charge in [0.05, 0.1) is 23.6 Å². The van der Waals surface area contributed by atoms with Gasteiger partial charge in [-0.25, -0.2) is 13.1 Å². The molecule has 1 N–H and O–H groups in total. The molecule has 0 saturated heterocycles. The van der Waals surface area contributed by atoms with Crippen LogP contribution in [0, 0.1) is 0 Å². The van der Waals surface area contributed by atoms with Crippen molar-refractivity contribution in [3.63, 3.8) is 0 Å². The minimum atomic E-state index is -4.43. The maximum absolute atomic E-state index is 12.6. The van der Waals surface area contributed by atoms with E-state index in [0.717, 1.165) is 30.7 Å². The summed E-state index contributed by atoms with van der Waals surface area (Å²) in [5.74, 6) is 0.728. The van der Waals surface area contributed by atoms with Crippen molar-refractivity contribution < 1.29 is 21.6 Å². The predicted octanol–water partition coefficient (Wildman–Crippen LogP) is 3.78. The molecule has 2 aromatic rings. The Hall–Kier alpha value is -1.87. The van der Waals surface area contributed by atoms with Crippen molar-refractivity contribution in [2.45, 2.75) is 56.0 Å². The molecule has 0 radical (unpaired) electrons. The molecule has 5 nitrogen and oxygen atoms in total. The fourth-order valence-electron chi connectivity index (χ4n) is 3.28. The highest BCUT2D eigenvalue weighted by Gasteiger charge is 2.32. The zero-order chi connectivity index (χ0) is 19.9. The van der Waals surface area contributed by atoms with Crippen molar-refractivity contribution in [1.29, 1.82) is 0 Å². The number of benzene rings is 1. The lowest BCUT2D eigenvalue weighted by atomic mass is 10.1. The molecule has 0 atom stereocenters. The first-order valence-electron chi connectivity index (χ1n) is 9.42. The zero-order valence-electron chi connectivity index (χ0n) is 15.2. The number of sulfonamides is 1. The van der Waals surface area contributed by atoms with Crippen LogP contribution in [0.4, 0.5) is 13.2 Å². The zero-order valence-corrected chi connectivity index (χ0v) is 16.1. The van der Waals surface area contributed by atoms with Crippen molar-refractivity contribution in [3.8, 4) is 0 Å². The van der Waals surface area contributed by atoms with E-state index in [-0.39, 0.29) is 12.3 Å². The van der Waals surface area contributed by atoms with Gasteiger partial charge in [0.1, 0.15) is 0 Å². The lowest BCUT2D eigenvalue weighted by molar-refractivity contribution is -0.137. The van der Waals surface area contributed by atoms with E-state index >= 15 is 0 Å². The molecule has 1 aromatic heterocycles. The molecule has 4 rings (SSSR count). The van der Waals surface area contributed by atoms with Crippen LogP contribution in [0.5, 0.6) is 0 Å². The van der Waals surface area contributed by atoms with Crippen LogP contribution in [0.3, 0.4) is 0 Å². The minimum absolute atomic E-state index is 0.203. The molecule has 1 heterocycles. The van der Waals surface area contributed by atoms with Gasteiger partial charge in [0, 0.05) is 24.1 Å². The summed E-state index contributed by atoms with van der Waals surface area (Å²) in [4.78, 5) is 0. The van der Waals surface area contributed by atoms with Crippen molar-refractivity contribution in [2.75, 3.05) is 6.54 Å². The molecule has 2 aliphatic carbocycles. The summed E-state index contributed by atoms with van der Waals surface area (Å²) in [7, 11) is -3.64. The lowest BCUT2D eigenvalue weighted by Gasteiger charge is -2.10. The molecule has 0 bridgehead atoms. The normalized spacial score (nSPS) is 17.8. The highest BCUT2D eigenvalue weighted by atomic mass is 32.2. The van der Waals surface area contributed by atoms with Gasteiger partial charge >= 0.3 is 6.18 Å². The number of hydrogen-bond donors (Lipinski definition) is 1. The van der Waals surface area contributed by atoms with E-state index in [1.165, 1.54) is 30.7 Å². The highest BCUT2D eigenvalue weighted by Crippen LogP contribution is 2.44. The Morgan fingerprint density at radius 1 is 1.07 bits per heavy atom. The quantitative estimate of drug-likeness (QED) is 0.717. The Morgan fingerprint density at radius 3 is 2.29 bits per heavy atom. The Kier molecular flexibility index (Phi) is 4.99. The summed E-state index contributed by atoms with van der Waals surface area (Å²) >= 11 is 0. The molecule has 2 saturated carbocycles. The van der Waals surface area contributed by atoms with Crippen LogP contribution in [0.2, 0.25) is 0 Å². The number of nitrogens with one attached hydrogen (secondary N) is 1.